The van der Waals surface area contributed by atoms with Gasteiger partial charge in [0.2, 0.25) is 0 Å². The van der Waals surface area contributed by atoms with Crippen LogP contribution in [0.2, 0.25) is 0 Å². The Labute approximate surface area is 189 Å². The molecule has 2 fully saturated rings. The number of nitrogens with two attached hydrogens (primary N) is 1. The lowest BCUT2D eigenvalue weighted by Crippen LogP contribution is -2.36. The highest BCUT2D eigenvalue weighted by atomic mass is 32.2. The molecule has 1 aromatic heterocycles. The van der Waals surface area contributed by atoms with E-state index in [9.17, 15) is 4.21 Å². The summed E-state index contributed by atoms with van der Waals surface area (Å²) in [6.45, 7) is 9.97. The zero-order valence-electron chi connectivity index (χ0n) is 19.2. The molecular weight excluding hydrogens is 408 g/mol. The van der Waals surface area contributed by atoms with Crippen LogP contribution in [-0.2, 0) is 15.5 Å². The molecule has 0 aromatic carbocycles. The second-order valence-electron chi connectivity index (χ2n) is 7.50. The molecule has 1 unspecified atom stereocenters. The fourth-order valence-corrected chi connectivity index (χ4v) is 4.38. The summed E-state index contributed by atoms with van der Waals surface area (Å²) in [7, 11) is 0.540. The molecule has 1 aliphatic carbocycles. The van der Waals surface area contributed by atoms with Crippen LogP contribution >= 0.6 is 0 Å². The molecule has 31 heavy (non-hydrogen) atoms. The van der Waals surface area contributed by atoms with Crippen LogP contribution in [-0.4, -0.2) is 60.1 Å². The molecule has 170 valence electrons. The van der Waals surface area contributed by atoms with Crippen LogP contribution < -0.4 is 10.6 Å². The number of rotatable bonds is 8. The zero-order chi connectivity index (χ0) is 22.6. The summed E-state index contributed by atoms with van der Waals surface area (Å²) in [4.78, 5) is 12.3. The first-order chi connectivity index (χ1) is 15.1. The Morgan fingerprint density at radius 1 is 1.26 bits per heavy atom. The Balaban J connectivity index is 0.00000166. The number of hydrogen-bond donors (Lipinski definition) is 1. The van der Waals surface area contributed by atoms with E-state index < -0.39 is 10.8 Å². The first-order valence-electron chi connectivity index (χ1n) is 10.9. The van der Waals surface area contributed by atoms with Crippen LogP contribution in [0.15, 0.2) is 58.1 Å². The van der Waals surface area contributed by atoms with Gasteiger partial charge in [0.15, 0.2) is 0 Å². The van der Waals surface area contributed by atoms with Crippen molar-refractivity contribution in [1.82, 2.24) is 4.98 Å². The monoisotopic (exact) mass is 444 g/mol. The van der Waals surface area contributed by atoms with Crippen molar-refractivity contribution in [2.75, 3.05) is 44.8 Å². The Morgan fingerprint density at radius 3 is 2.58 bits per heavy atom. The molecule has 2 heterocycles. The van der Waals surface area contributed by atoms with Crippen LogP contribution in [0.4, 0.5) is 5.82 Å². The lowest BCUT2D eigenvalue weighted by atomic mass is 10.1. The largest absolute Gasteiger partial charge is 0.378 e. The minimum absolute atomic E-state index is 0.303. The maximum Gasteiger partial charge on any atom is 0.129 e. The van der Waals surface area contributed by atoms with Gasteiger partial charge in [0.1, 0.15) is 5.82 Å². The summed E-state index contributed by atoms with van der Waals surface area (Å²) >= 11 is 0. The lowest BCUT2D eigenvalue weighted by molar-refractivity contribution is 0.122. The van der Waals surface area contributed by atoms with Gasteiger partial charge in [-0.3, -0.25) is 9.20 Å². The van der Waals surface area contributed by atoms with Gasteiger partial charge in [-0.1, -0.05) is 11.6 Å². The van der Waals surface area contributed by atoms with Crippen molar-refractivity contribution < 1.29 is 8.95 Å². The van der Waals surface area contributed by atoms with Crippen molar-refractivity contribution in [1.29, 1.82) is 0 Å². The predicted molar refractivity (Wildman–Crippen MR) is 132 cm³/mol. The second-order valence-corrected chi connectivity index (χ2v) is 9.24. The minimum Gasteiger partial charge on any atom is -0.378 e. The van der Waals surface area contributed by atoms with Crippen LogP contribution in [0.5, 0.6) is 0 Å². The van der Waals surface area contributed by atoms with Crippen molar-refractivity contribution >= 4 is 22.3 Å². The van der Waals surface area contributed by atoms with Crippen molar-refractivity contribution in [3.63, 3.8) is 0 Å². The molecule has 0 bridgehead atoms. The number of morpholine rings is 1. The molecule has 1 saturated carbocycles. The Bertz CT molecular complexity index is 847. The molecule has 0 spiro atoms. The smallest absolute Gasteiger partial charge is 0.129 e. The third-order valence-corrected chi connectivity index (χ3v) is 6.56. The van der Waals surface area contributed by atoms with Gasteiger partial charge in [0.05, 0.1) is 29.7 Å². The SMILES string of the molecule is CCN=C(/C=C/C(=C\C=C(C)C)S(=O)C1CC1)c1ccnc(N2CCOCC2)c1.CN. The first kappa shape index (κ1) is 25.2. The molecular formula is C24H36N4O2S. The highest BCUT2D eigenvalue weighted by Gasteiger charge is 2.29. The summed E-state index contributed by atoms with van der Waals surface area (Å²) in [5.74, 6) is 0.949. The average molecular weight is 445 g/mol. The second kappa shape index (κ2) is 13.3. The molecule has 1 aliphatic heterocycles. The van der Waals surface area contributed by atoms with Crippen molar-refractivity contribution in [2.24, 2.45) is 10.7 Å². The van der Waals surface area contributed by atoms with E-state index in [-0.39, 0.29) is 0 Å². The Hall–Kier alpha value is -2.09. The summed E-state index contributed by atoms with van der Waals surface area (Å²) in [5, 5.41) is 0.303. The van der Waals surface area contributed by atoms with Crippen LogP contribution in [0.3, 0.4) is 0 Å². The minimum atomic E-state index is -0.960. The Morgan fingerprint density at radius 2 is 1.97 bits per heavy atom. The summed E-state index contributed by atoms with van der Waals surface area (Å²) in [5.41, 5.74) is 7.61. The highest BCUT2D eigenvalue weighted by molar-refractivity contribution is 7.90. The van der Waals surface area contributed by atoms with E-state index >= 15 is 0 Å². The molecule has 6 nitrogen and oxygen atoms in total. The number of pyridine rings is 1. The lowest BCUT2D eigenvalue weighted by Gasteiger charge is -2.28. The number of anilines is 1. The van der Waals surface area contributed by atoms with Crippen LogP contribution in [0.25, 0.3) is 0 Å². The molecule has 1 aromatic rings. The van der Waals surface area contributed by atoms with Crippen LogP contribution in [0, 0.1) is 0 Å². The van der Waals surface area contributed by atoms with E-state index in [0.717, 1.165) is 61.1 Å². The van der Waals surface area contributed by atoms with E-state index in [1.807, 2.05) is 57.3 Å². The fraction of sp³-hybridized carbons (Fsp3) is 0.500. The molecule has 2 aliphatic rings. The van der Waals surface area contributed by atoms with Gasteiger partial charge in [-0.05, 0) is 71.0 Å². The topological polar surface area (TPSA) is 80.8 Å². The number of allylic oxidation sites excluding steroid dienone is 5. The zero-order valence-corrected chi connectivity index (χ0v) is 20.0. The van der Waals surface area contributed by atoms with Gasteiger partial charge in [0, 0.05) is 41.5 Å². The number of nitrogens with zero attached hydrogens (tertiary/aromatic N) is 3. The molecule has 1 saturated heterocycles. The molecule has 3 rings (SSSR count). The van der Waals surface area contributed by atoms with Crippen LogP contribution in [0.1, 0.15) is 39.2 Å². The van der Waals surface area contributed by atoms with Gasteiger partial charge in [-0.15, -0.1) is 0 Å². The van der Waals surface area contributed by atoms with E-state index in [2.05, 4.69) is 26.7 Å². The number of hydrogen-bond acceptors (Lipinski definition) is 6. The quantitative estimate of drug-likeness (QED) is 0.489. The molecule has 0 amide bonds. The van der Waals surface area contributed by atoms with Gasteiger partial charge in [-0.25, -0.2) is 4.98 Å². The van der Waals surface area contributed by atoms with E-state index in [1.165, 1.54) is 12.6 Å². The normalized spacial score (nSPS) is 18.4. The van der Waals surface area contributed by atoms with Gasteiger partial charge >= 0.3 is 0 Å². The van der Waals surface area contributed by atoms with Crippen molar-refractivity contribution in [3.8, 4) is 0 Å². The molecule has 7 heteroatoms. The average Bonchev–Trinajstić information content (AvgIpc) is 3.65. The number of aromatic nitrogens is 1. The first-order valence-corrected chi connectivity index (χ1v) is 12.1. The summed E-state index contributed by atoms with van der Waals surface area (Å²) in [6, 6.07) is 4.07. The van der Waals surface area contributed by atoms with Gasteiger partial charge in [-0.2, -0.15) is 0 Å². The summed E-state index contributed by atoms with van der Waals surface area (Å²) < 4.78 is 18.2. The Kier molecular flexibility index (Phi) is 10.8. The van der Waals surface area contributed by atoms with E-state index in [0.29, 0.717) is 11.8 Å². The highest BCUT2D eigenvalue weighted by Crippen LogP contribution is 2.30. The number of ether oxygens (including phenoxy) is 1. The number of aliphatic imine (C=N–C) groups is 1. The fourth-order valence-electron chi connectivity index (χ4n) is 3.03. The van der Waals surface area contributed by atoms with Crippen molar-refractivity contribution in [3.05, 3.63) is 58.7 Å². The maximum atomic E-state index is 12.8. The van der Waals surface area contributed by atoms with Crippen molar-refractivity contribution in [2.45, 2.75) is 38.9 Å². The predicted octanol–water partition coefficient (Wildman–Crippen LogP) is 3.62. The van der Waals surface area contributed by atoms with Gasteiger partial charge < -0.3 is 15.4 Å². The molecule has 2 N–H and O–H groups in total. The van der Waals surface area contributed by atoms with E-state index in [4.69, 9.17) is 4.74 Å². The molecule has 0 radical (unpaired) electrons. The third kappa shape index (κ3) is 8.16. The molecule has 1 atom stereocenters. The maximum absolute atomic E-state index is 12.8. The van der Waals surface area contributed by atoms with E-state index in [1.54, 1.807) is 0 Å². The standard InChI is InChI=1S/C23H31N3O2S.CH5N/c1-4-24-22(10-9-20(6-5-18(2)3)29(27)21-7-8-21)19-11-12-25-23(17-19)26-13-15-28-16-14-26;1-2/h5-6,9-12,17,21H,4,7-8,13-16H2,1-3H3;2H2,1H3/b10-9+,20-6+,24-22?;. The summed E-state index contributed by atoms with van der Waals surface area (Å²) in [6.07, 6.45) is 11.9. The van der Waals surface area contributed by atoms with Gasteiger partial charge in [0.25, 0.3) is 0 Å². The third-order valence-electron chi connectivity index (χ3n) is 4.75.